The van der Waals surface area contributed by atoms with Crippen LogP contribution < -0.4 is 11.1 Å². The van der Waals surface area contributed by atoms with Gasteiger partial charge in [0.2, 0.25) is 0 Å². The van der Waals surface area contributed by atoms with Crippen molar-refractivity contribution in [2.75, 3.05) is 12.3 Å². The second-order valence-corrected chi connectivity index (χ2v) is 3.77. The van der Waals surface area contributed by atoms with Crippen LogP contribution in [0.2, 0.25) is 5.02 Å². The molecule has 4 nitrogen and oxygen atoms in total. The van der Waals surface area contributed by atoms with Crippen LogP contribution in [0.3, 0.4) is 0 Å². The summed E-state index contributed by atoms with van der Waals surface area (Å²) in [6.07, 6.45) is -0.578. The molecule has 0 saturated heterocycles. The lowest BCUT2D eigenvalue weighted by atomic mass is 10.2. The van der Waals surface area contributed by atoms with Gasteiger partial charge in [-0.1, -0.05) is 11.6 Å². The summed E-state index contributed by atoms with van der Waals surface area (Å²) in [5, 5.41) is 12.0. The average Bonchev–Trinajstić information content (AvgIpc) is 2.12. The highest BCUT2D eigenvalue weighted by atomic mass is 35.5. The summed E-state index contributed by atoms with van der Waals surface area (Å²) >= 11 is 5.75. The minimum Gasteiger partial charge on any atom is -0.399 e. The fourth-order valence-electron chi connectivity index (χ4n) is 1.09. The monoisotopic (exact) mass is 228 g/mol. The summed E-state index contributed by atoms with van der Waals surface area (Å²) in [7, 11) is 0. The van der Waals surface area contributed by atoms with E-state index in [1.807, 2.05) is 0 Å². The maximum atomic E-state index is 11.5. The Balaban J connectivity index is 2.73. The van der Waals surface area contributed by atoms with Gasteiger partial charge >= 0.3 is 0 Å². The molecule has 0 aliphatic carbocycles. The Morgan fingerprint density at radius 1 is 1.60 bits per heavy atom. The molecule has 0 aromatic heterocycles. The Morgan fingerprint density at radius 3 is 2.80 bits per heavy atom. The quantitative estimate of drug-likeness (QED) is 0.677. The standard InChI is InChI=1S/C10H13ClN2O2/c1-6(14)5-13-10(15)7-2-8(11)4-9(12)3-7/h2-4,6,14H,5,12H2,1H3,(H,13,15)/t6-/m1/s1. The largest absolute Gasteiger partial charge is 0.399 e. The molecular formula is C10H13ClN2O2. The normalized spacial score (nSPS) is 12.2. The number of carbonyl (C=O) groups is 1. The SMILES string of the molecule is C[C@@H](O)CNC(=O)c1cc(N)cc(Cl)c1. The van der Waals surface area contributed by atoms with Crippen LogP contribution >= 0.6 is 11.6 Å². The van der Waals surface area contributed by atoms with Crippen molar-refractivity contribution in [3.8, 4) is 0 Å². The van der Waals surface area contributed by atoms with E-state index in [4.69, 9.17) is 22.4 Å². The number of nitrogens with two attached hydrogens (primary N) is 1. The van der Waals surface area contributed by atoms with Crippen LogP contribution in [-0.4, -0.2) is 23.7 Å². The first-order valence-electron chi connectivity index (χ1n) is 4.51. The zero-order chi connectivity index (χ0) is 11.4. The molecule has 0 radical (unpaired) electrons. The van der Waals surface area contributed by atoms with Crippen molar-refractivity contribution in [1.82, 2.24) is 5.32 Å². The van der Waals surface area contributed by atoms with E-state index in [1.165, 1.54) is 12.1 Å². The number of nitrogens with one attached hydrogen (secondary N) is 1. The maximum absolute atomic E-state index is 11.5. The van der Waals surface area contributed by atoms with E-state index < -0.39 is 6.10 Å². The summed E-state index contributed by atoms with van der Waals surface area (Å²) in [4.78, 5) is 11.5. The number of aliphatic hydroxyl groups excluding tert-OH is 1. The fraction of sp³-hybridized carbons (Fsp3) is 0.300. The summed E-state index contributed by atoms with van der Waals surface area (Å²) in [5.41, 5.74) is 6.36. The van der Waals surface area contributed by atoms with Gasteiger partial charge in [0.1, 0.15) is 0 Å². The van der Waals surface area contributed by atoms with Crippen LogP contribution in [0.4, 0.5) is 5.69 Å². The van der Waals surface area contributed by atoms with Crippen LogP contribution in [-0.2, 0) is 0 Å². The van der Waals surface area contributed by atoms with Crippen molar-refractivity contribution in [2.24, 2.45) is 0 Å². The van der Waals surface area contributed by atoms with Crippen molar-refractivity contribution >= 4 is 23.2 Å². The number of anilines is 1. The molecular weight excluding hydrogens is 216 g/mol. The first-order valence-corrected chi connectivity index (χ1v) is 4.89. The number of benzene rings is 1. The Hall–Kier alpha value is -1.26. The molecule has 4 N–H and O–H groups in total. The zero-order valence-electron chi connectivity index (χ0n) is 8.33. The molecule has 82 valence electrons. The van der Waals surface area contributed by atoms with E-state index >= 15 is 0 Å². The van der Waals surface area contributed by atoms with Gasteiger partial charge in [-0.2, -0.15) is 0 Å². The summed E-state index contributed by atoms with van der Waals surface area (Å²) < 4.78 is 0. The minimum atomic E-state index is -0.578. The van der Waals surface area contributed by atoms with Gasteiger partial charge in [-0.25, -0.2) is 0 Å². The van der Waals surface area contributed by atoms with E-state index in [2.05, 4.69) is 5.32 Å². The number of amides is 1. The molecule has 1 amide bonds. The minimum absolute atomic E-state index is 0.200. The van der Waals surface area contributed by atoms with Crippen LogP contribution in [0.25, 0.3) is 0 Å². The lowest BCUT2D eigenvalue weighted by Crippen LogP contribution is -2.30. The lowest BCUT2D eigenvalue weighted by Gasteiger charge is -2.07. The predicted octanol–water partition coefficient (Wildman–Crippen LogP) is 1.03. The Labute approximate surface area is 93.0 Å². The summed E-state index contributed by atoms with van der Waals surface area (Å²) in [6.45, 7) is 1.79. The molecule has 1 atom stereocenters. The molecule has 0 spiro atoms. The molecule has 0 saturated carbocycles. The maximum Gasteiger partial charge on any atom is 0.251 e. The second kappa shape index (κ2) is 5.00. The molecule has 0 bridgehead atoms. The van der Waals surface area contributed by atoms with Crippen molar-refractivity contribution in [2.45, 2.75) is 13.0 Å². The highest BCUT2D eigenvalue weighted by molar-refractivity contribution is 6.31. The van der Waals surface area contributed by atoms with E-state index in [9.17, 15) is 4.79 Å². The van der Waals surface area contributed by atoms with Gasteiger partial charge in [-0.15, -0.1) is 0 Å². The first kappa shape index (κ1) is 11.8. The van der Waals surface area contributed by atoms with E-state index in [-0.39, 0.29) is 12.5 Å². The van der Waals surface area contributed by atoms with Crippen molar-refractivity contribution < 1.29 is 9.90 Å². The Kier molecular flexibility index (Phi) is 3.94. The van der Waals surface area contributed by atoms with Crippen LogP contribution in [0.15, 0.2) is 18.2 Å². The van der Waals surface area contributed by atoms with Crippen LogP contribution in [0, 0.1) is 0 Å². The molecule has 1 aromatic carbocycles. The zero-order valence-corrected chi connectivity index (χ0v) is 9.08. The van der Waals surface area contributed by atoms with Gasteiger partial charge < -0.3 is 16.2 Å². The van der Waals surface area contributed by atoms with Gasteiger partial charge in [0.15, 0.2) is 0 Å². The molecule has 1 aromatic rings. The molecule has 0 unspecified atom stereocenters. The van der Waals surface area contributed by atoms with Crippen LogP contribution in [0.5, 0.6) is 0 Å². The lowest BCUT2D eigenvalue weighted by molar-refractivity contribution is 0.0924. The molecule has 1 rings (SSSR count). The summed E-state index contributed by atoms with van der Waals surface area (Å²) in [6, 6.07) is 4.62. The Bertz CT molecular complexity index is 346. The highest BCUT2D eigenvalue weighted by Crippen LogP contribution is 2.16. The molecule has 0 aliphatic rings. The third-order valence-electron chi connectivity index (χ3n) is 1.74. The topological polar surface area (TPSA) is 75.3 Å². The molecule has 5 heteroatoms. The third kappa shape index (κ3) is 3.77. The van der Waals surface area contributed by atoms with E-state index in [1.54, 1.807) is 13.0 Å². The smallest absolute Gasteiger partial charge is 0.251 e. The highest BCUT2D eigenvalue weighted by Gasteiger charge is 2.07. The number of halogens is 1. The fourth-order valence-corrected chi connectivity index (χ4v) is 1.33. The predicted molar refractivity (Wildman–Crippen MR) is 59.9 cm³/mol. The van der Waals surface area contributed by atoms with Gasteiger partial charge in [-0.3, -0.25) is 4.79 Å². The van der Waals surface area contributed by atoms with Crippen molar-refractivity contribution in [1.29, 1.82) is 0 Å². The number of hydrogen-bond acceptors (Lipinski definition) is 3. The number of nitrogen functional groups attached to an aromatic ring is 1. The summed E-state index contributed by atoms with van der Waals surface area (Å²) in [5.74, 6) is -0.301. The van der Waals surface area contributed by atoms with Gasteiger partial charge in [0, 0.05) is 22.8 Å². The first-order chi connectivity index (χ1) is 6.99. The average molecular weight is 229 g/mol. The molecule has 0 heterocycles. The van der Waals surface area contributed by atoms with Gasteiger partial charge in [0.05, 0.1) is 6.10 Å². The number of rotatable bonds is 3. The Morgan fingerprint density at radius 2 is 2.27 bits per heavy atom. The number of aliphatic hydroxyl groups is 1. The van der Waals surface area contributed by atoms with Crippen molar-refractivity contribution in [3.05, 3.63) is 28.8 Å². The van der Waals surface area contributed by atoms with Crippen LogP contribution in [0.1, 0.15) is 17.3 Å². The third-order valence-corrected chi connectivity index (χ3v) is 1.96. The number of hydrogen-bond donors (Lipinski definition) is 3. The van der Waals surface area contributed by atoms with E-state index in [0.29, 0.717) is 16.3 Å². The van der Waals surface area contributed by atoms with Crippen molar-refractivity contribution in [3.63, 3.8) is 0 Å². The second-order valence-electron chi connectivity index (χ2n) is 3.33. The van der Waals surface area contributed by atoms with Gasteiger partial charge in [-0.05, 0) is 25.1 Å². The molecule has 0 fully saturated rings. The van der Waals surface area contributed by atoms with E-state index in [0.717, 1.165) is 0 Å². The van der Waals surface area contributed by atoms with Gasteiger partial charge in [0.25, 0.3) is 5.91 Å². The number of carbonyl (C=O) groups excluding carboxylic acids is 1. The molecule has 0 aliphatic heterocycles. The molecule has 15 heavy (non-hydrogen) atoms.